The van der Waals surface area contributed by atoms with E-state index >= 15 is 0 Å². The third kappa shape index (κ3) is 4.95. The molecule has 0 heterocycles. The summed E-state index contributed by atoms with van der Waals surface area (Å²) < 4.78 is 13.3. The zero-order valence-corrected chi connectivity index (χ0v) is 13.3. The number of nitriles is 1. The van der Waals surface area contributed by atoms with Gasteiger partial charge in [0.1, 0.15) is 5.82 Å². The molecule has 0 aliphatic carbocycles. The first-order chi connectivity index (χ1) is 11.5. The standard InChI is InChI=1S/C17H15ClFN3O2/c18-14-5-4-13(7-15(14)19)16(23)10-22-17(24)21-9-12-3-1-2-11(6-12)8-20/h1-7,16,23H,9-10H2,(H2,21,22,24)/t16-/m1/s1. The number of carbonyl (C=O) groups is 1. The van der Waals surface area contributed by atoms with E-state index in [2.05, 4.69) is 10.6 Å². The third-order valence-corrected chi connectivity index (χ3v) is 3.60. The van der Waals surface area contributed by atoms with Crippen LogP contribution in [0, 0.1) is 17.1 Å². The lowest BCUT2D eigenvalue weighted by molar-refractivity contribution is 0.172. The van der Waals surface area contributed by atoms with Gasteiger partial charge in [-0.05, 0) is 35.4 Å². The molecule has 0 fully saturated rings. The van der Waals surface area contributed by atoms with Gasteiger partial charge in [-0.3, -0.25) is 0 Å². The molecule has 24 heavy (non-hydrogen) atoms. The summed E-state index contributed by atoms with van der Waals surface area (Å²) in [5.74, 6) is -0.630. The normalized spacial score (nSPS) is 11.4. The molecule has 5 nitrogen and oxygen atoms in total. The van der Waals surface area contributed by atoms with Crippen LogP contribution in [0.1, 0.15) is 22.8 Å². The number of halogens is 2. The van der Waals surface area contributed by atoms with E-state index in [1.807, 2.05) is 6.07 Å². The Morgan fingerprint density at radius 1 is 1.29 bits per heavy atom. The SMILES string of the molecule is N#Cc1cccc(CNC(=O)NC[C@@H](O)c2ccc(Cl)c(F)c2)c1. The summed E-state index contributed by atoms with van der Waals surface area (Å²) in [5, 5.41) is 23.8. The van der Waals surface area contributed by atoms with E-state index < -0.39 is 18.0 Å². The van der Waals surface area contributed by atoms with Gasteiger partial charge in [0.05, 0.1) is 22.8 Å². The number of nitrogens with zero attached hydrogens (tertiary/aromatic N) is 1. The number of hydrogen-bond acceptors (Lipinski definition) is 3. The second-order valence-corrected chi connectivity index (χ2v) is 5.47. The van der Waals surface area contributed by atoms with Gasteiger partial charge in [0.25, 0.3) is 0 Å². The lowest BCUT2D eigenvalue weighted by atomic mass is 10.1. The summed E-state index contributed by atoms with van der Waals surface area (Å²) in [7, 11) is 0. The van der Waals surface area contributed by atoms with Gasteiger partial charge in [0.2, 0.25) is 0 Å². The number of benzene rings is 2. The highest BCUT2D eigenvalue weighted by atomic mass is 35.5. The van der Waals surface area contributed by atoms with Crippen LogP contribution in [0.15, 0.2) is 42.5 Å². The third-order valence-electron chi connectivity index (χ3n) is 3.29. The number of aliphatic hydroxyl groups excluding tert-OH is 1. The van der Waals surface area contributed by atoms with E-state index in [0.29, 0.717) is 11.1 Å². The van der Waals surface area contributed by atoms with E-state index in [4.69, 9.17) is 16.9 Å². The predicted molar refractivity (Wildman–Crippen MR) is 87.8 cm³/mol. The summed E-state index contributed by atoms with van der Waals surface area (Å²) in [6.07, 6.45) is -1.05. The Morgan fingerprint density at radius 2 is 2.08 bits per heavy atom. The fourth-order valence-electron chi connectivity index (χ4n) is 2.02. The van der Waals surface area contributed by atoms with Gasteiger partial charge in [-0.15, -0.1) is 0 Å². The Balaban J connectivity index is 1.82. The summed E-state index contributed by atoms with van der Waals surface area (Å²) in [4.78, 5) is 11.7. The van der Waals surface area contributed by atoms with Crippen LogP contribution in [-0.4, -0.2) is 17.7 Å². The minimum absolute atomic E-state index is 0.0312. The van der Waals surface area contributed by atoms with Crippen LogP contribution >= 0.6 is 11.6 Å². The lowest BCUT2D eigenvalue weighted by Crippen LogP contribution is -2.37. The summed E-state index contributed by atoms with van der Waals surface area (Å²) >= 11 is 5.58. The molecular formula is C17H15ClFN3O2. The van der Waals surface area contributed by atoms with Gasteiger partial charge in [0, 0.05) is 13.1 Å². The monoisotopic (exact) mass is 347 g/mol. The van der Waals surface area contributed by atoms with Crippen LogP contribution in [0.4, 0.5) is 9.18 Å². The van der Waals surface area contributed by atoms with Gasteiger partial charge >= 0.3 is 6.03 Å². The van der Waals surface area contributed by atoms with E-state index in [1.165, 1.54) is 12.1 Å². The summed E-state index contributed by atoms with van der Waals surface area (Å²) in [6, 6.07) is 12.4. The number of rotatable bonds is 5. The average molecular weight is 348 g/mol. The molecule has 0 bridgehead atoms. The van der Waals surface area contributed by atoms with Crippen molar-refractivity contribution in [3.8, 4) is 6.07 Å². The van der Waals surface area contributed by atoms with E-state index in [0.717, 1.165) is 11.6 Å². The first-order valence-electron chi connectivity index (χ1n) is 7.13. The maximum Gasteiger partial charge on any atom is 0.315 e. The molecule has 7 heteroatoms. The molecule has 0 radical (unpaired) electrons. The maximum absolute atomic E-state index is 13.3. The smallest absolute Gasteiger partial charge is 0.315 e. The first kappa shape index (κ1) is 17.7. The van der Waals surface area contributed by atoms with Crippen LogP contribution in [0.3, 0.4) is 0 Å². The molecule has 0 aromatic heterocycles. The van der Waals surface area contributed by atoms with Crippen molar-refractivity contribution in [3.05, 3.63) is 70.0 Å². The molecule has 0 saturated heterocycles. The van der Waals surface area contributed by atoms with E-state index in [-0.39, 0.29) is 18.1 Å². The van der Waals surface area contributed by atoms with Crippen molar-refractivity contribution in [2.75, 3.05) is 6.54 Å². The number of urea groups is 1. The summed E-state index contributed by atoms with van der Waals surface area (Å²) in [5.41, 5.74) is 1.61. The fraction of sp³-hybridized carbons (Fsp3) is 0.176. The Labute approximate surface area is 143 Å². The first-order valence-corrected chi connectivity index (χ1v) is 7.51. The highest BCUT2D eigenvalue weighted by molar-refractivity contribution is 6.30. The molecule has 0 spiro atoms. The van der Waals surface area contributed by atoms with Crippen LogP contribution in [-0.2, 0) is 6.54 Å². The molecule has 0 unspecified atom stereocenters. The molecule has 2 aromatic rings. The van der Waals surface area contributed by atoms with Crippen LogP contribution in [0.25, 0.3) is 0 Å². The quantitative estimate of drug-likeness (QED) is 0.777. The fourth-order valence-corrected chi connectivity index (χ4v) is 2.14. The minimum Gasteiger partial charge on any atom is -0.387 e. The maximum atomic E-state index is 13.3. The van der Waals surface area contributed by atoms with Gasteiger partial charge in [-0.2, -0.15) is 5.26 Å². The molecule has 0 aliphatic heterocycles. The van der Waals surface area contributed by atoms with Gasteiger partial charge in [-0.25, -0.2) is 9.18 Å². The number of hydrogen-bond donors (Lipinski definition) is 3. The molecule has 2 aromatic carbocycles. The lowest BCUT2D eigenvalue weighted by Gasteiger charge is -2.13. The molecule has 0 saturated carbocycles. The average Bonchev–Trinajstić information content (AvgIpc) is 2.60. The molecule has 2 amide bonds. The van der Waals surface area contributed by atoms with E-state index in [1.54, 1.807) is 24.3 Å². The molecule has 0 aliphatic rings. The van der Waals surface area contributed by atoms with Crippen molar-refractivity contribution in [1.82, 2.24) is 10.6 Å². The van der Waals surface area contributed by atoms with E-state index in [9.17, 15) is 14.3 Å². The van der Waals surface area contributed by atoms with Gasteiger partial charge < -0.3 is 15.7 Å². The summed E-state index contributed by atoms with van der Waals surface area (Å²) in [6.45, 7) is 0.165. The van der Waals surface area contributed by atoms with Crippen LogP contribution in [0.2, 0.25) is 5.02 Å². The molecular weight excluding hydrogens is 333 g/mol. The van der Waals surface area contributed by atoms with Gasteiger partial charge in [-0.1, -0.05) is 29.8 Å². The Morgan fingerprint density at radius 3 is 2.79 bits per heavy atom. The van der Waals surface area contributed by atoms with Crippen LogP contribution < -0.4 is 10.6 Å². The number of aliphatic hydroxyl groups is 1. The number of carbonyl (C=O) groups excluding carboxylic acids is 1. The molecule has 2 rings (SSSR count). The molecule has 124 valence electrons. The highest BCUT2D eigenvalue weighted by Crippen LogP contribution is 2.19. The van der Waals surface area contributed by atoms with Gasteiger partial charge in [0.15, 0.2) is 0 Å². The Bertz CT molecular complexity index is 777. The highest BCUT2D eigenvalue weighted by Gasteiger charge is 2.11. The van der Waals surface area contributed by atoms with Crippen molar-refractivity contribution < 1.29 is 14.3 Å². The Kier molecular flexibility index (Phi) is 6.13. The van der Waals surface area contributed by atoms with Crippen molar-refractivity contribution >= 4 is 17.6 Å². The van der Waals surface area contributed by atoms with Crippen molar-refractivity contribution in [2.24, 2.45) is 0 Å². The second kappa shape index (κ2) is 8.29. The number of nitrogens with one attached hydrogen (secondary N) is 2. The largest absolute Gasteiger partial charge is 0.387 e. The minimum atomic E-state index is -1.05. The zero-order chi connectivity index (χ0) is 17.5. The number of amides is 2. The topological polar surface area (TPSA) is 85.2 Å². The zero-order valence-electron chi connectivity index (χ0n) is 12.6. The Hall–Kier alpha value is -2.62. The van der Waals surface area contributed by atoms with Crippen LogP contribution in [0.5, 0.6) is 0 Å². The van der Waals surface area contributed by atoms with Crippen molar-refractivity contribution in [3.63, 3.8) is 0 Å². The molecule has 3 N–H and O–H groups in total. The predicted octanol–water partition coefficient (Wildman–Crippen LogP) is 2.88. The second-order valence-electron chi connectivity index (χ2n) is 5.07. The van der Waals surface area contributed by atoms with Crippen molar-refractivity contribution in [1.29, 1.82) is 5.26 Å². The van der Waals surface area contributed by atoms with Crippen molar-refractivity contribution in [2.45, 2.75) is 12.6 Å². The molecule has 1 atom stereocenters.